The van der Waals surface area contributed by atoms with Crippen molar-refractivity contribution in [2.75, 3.05) is 0 Å². The van der Waals surface area contributed by atoms with E-state index in [1.54, 1.807) is 0 Å². The molecule has 2 aliphatic rings. The summed E-state index contributed by atoms with van der Waals surface area (Å²) in [5, 5.41) is 15.5. The van der Waals surface area contributed by atoms with Crippen molar-refractivity contribution in [2.24, 2.45) is 17.8 Å². The number of hydrogen-bond acceptors (Lipinski definition) is 3. The molecule has 0 aromatic rings. The maximum absolute atomic E-state index is 11.9. The minimum atomic E-state index is -0.721. The Hall–Kier alpha value is -1.10. The lowest BCUT2D eigenvalue weighted by Crippen LogP contribution is -2.53. The van der Waals surface area contributed by atoms with E-state index in [1.807, 2.05) is 20.8 Å². The van der Waals surface area contributed by atoms with Gasteiger partial charge in [-0.3, -0.25) is 9.59 Å². The molecule has 0 aliphatic heterocycles. The van der Waals surface area contributed by atoms with E-state index in [0.29, 0.717) is 11.8 Å². The molecule has 0 aromatic heterocycles. The van der Waals surface area contributed by atoms with E-state index < -0.39 is 5.97 Å². The third kappa shape index (κ3) is 2.91. The van der Waals surface area contributed by atoms with Crippen molar-refractivity contribution < 1.29 is 14.7 Å². The highest BCUT2D eigenvalue weighted by molar-refractivity contribution is 5.81. The smallest absolute Gasteiger partial charge is 0.308 e. The summed E-state index contributed by atoms with van der Waals surface area (Å²) in [6.45, 7) is 5.65. The lowest BCUT2D eigenvalue weighted by molar-refractivity contribution is -0.145. The molecule has 2 fully saturated rings. The predicted molar refractivity (Wildman–Crippen MR) is 71.6 cm³/mol. The molecular formula is C14H24N2O3. The quantitative estimate of drug-likeness (QED) is 0.695. The summed E-state index contributed by atoms with van der Waals surface area (Å²) in [6, 6.07) is -0.287. The number of hydrogen-bond donors (Lipinski definition) is 3. The Bertz CT molecular complexity index is 370. The standard InChI is InChI=1S/C14H24N2O3/c1-7(2)15-13(17)8(3)16-12-10-5-4-9(6-10)11(12)14(18)19/h7-12,16H,4-6H2,1-3H3,(H,15,17)(H,18,19). The number of carbonyl (C=O) groups is 2. The number of carboxylic acid groups (broad SMARTS) is 1. The van der Waals surface area contributed by atoms with E-state index in [4.69, 9.17) is 0 Å². The third-order valence-corrected chi connectivity index (χ3v) is 4.47. The molecule has 5 heteroatoms. The Labute approximate surface area is 114 Å². The maximum atomic E-state index is 11.9. The molecule has 2 rings (SSSR count). The Balaban J connectivity index is 1.97. The molecule has 2 bridgehead atoms. The van der Waals surface area contributed by atoms with Crippen molar-refractivity contribution in [3.63, 3.8) is 0 Å². The van der Waals surface area contributed by atoms with Crippen molar-refractivity contribution in [1.82, 2.24) is 10.6 Å². The second-order valence-corrected chi connectivity index (χ2v) is 6.27. The first-order valence-electron chi connectivity index (χ1n) is 7.19. The predicted octanol–water partition coefficient (Wildman–Crippen LogP) is 0.988. The Kier molecular flexibility index (Phi) is 4.13. The summed E-state index contributed by atoms with van der Waals surface area (Å²) in [4.78, 5) is 23.3. The first-order chi connectivity index (χ1) is 8.90. The van der Waals surface area contributed by atoms with Crippen LogP contribution in [0.25, 0.3) is 0 Å². The zero-order valence-corrected chi connectivity index (χ0v) is 11.8. The van der Waals surface area contributed by atoms with Gasteiger partial charge in [0.2, 0.25) is 5.91 Å². The fraction of sp³-hybridized carbons (Fsp3) is 0.857. The van der Waals surface area contributed by atoms with Crippen molar-refractivity contribution in [3.05, 3.63) is 0 Å². The summed E-state index contributed by atoms with van der Waals surface area (Å²) in [5.41, 5.74) is 0. The first-order valence-corrected chi connectivity index (χ1v) is 7.19. The molecule has 0 spiro atoms. The van der Waals surface area contributed by atoms with Crippen LogP contribution in [-0.2, 0) is 9.59 Å². The topological polar surface area (TPSA) is 78.4 Å². The molecule has 2 aliphatic carbocycles. The summed E-state index contributed by atoms with van der Waals surface area (Å²) in [6.07, 6.45) is 3.10. The van der Waals surface area contributed by atoms with Crippen LogP contribution in [0.4, 0.5) is 0 Å². The molecule has 1 amide bonds. The second kappa shape index (κ2) is 5.49. The van der Waals surface area contributed by atoms with Gasteiger partial charge in [0.05, 0.1) is 12.0 Å². The van der Waals surface area contributed by atoms with Crippen molar-refractivity contribution >= 4 is 11.9 Å². The summed E-state index contributed by atoms with van der Waals surface area (Å²) in [7, 11) is 0. The highest BCUT2D eigenvalue weighted by Gasteiger charge is 2.51. The number of amides is 1. The van der Waals surface area contributed by atoms with Gasteiger partial charge in [0.1, 0.15) is 0 Å². The zero-order chi connectivity index (χ0) is 14.2. The van der Waals surface area contributed by atoms with Crippen LogP contribution in [-0.4, -0.2) is 35.1 Å². The van der Waals surface area contributed by atoms with E-state index in [2.05, 4.69) is 10.6 Å². The van der Waals surface area contributed by atoms with Gasteiger partial charge in [-0.1, -0.05) is 0 Å². The number of carbonyl (C=O) groups excluding carboxylic acids is 1. The van der Waals surface area contributed by atoms with E-state index in [9.17, 15) is 14.7 Å². The maximum Gasteiger partial charge on any atom is 0.308 e. The van der Waals surface area contributed by atoms with E-state index >= 15 is 0 Å². The van der Waals surface area contributed by atoms with Crippen LogP contribution >= 0.6 is 0 Å². The van der Waals surface area contributed by atoms with Gasteiger partial charge in [-0.2, -0.15) is 0 Å². The zero-order valence-electron chi connectivity index (χ0n) is 11.8. The molecule has 0 aromatic carbocycles. The van der Waals surface area contributed by atoms with Crippen LogP contribution in [0.5, 0.6) is 0 Å². The van der Waals surface area contributed by atoms with Crippen LogP contribution in [0, 0.1) is 17.8 Å². The van der Waals surface area contributed by atoms with Crippen LogP contribution in [0.1, 0.15) is 40.0 Å². The second-order valence-electron chi connectivity index (χ2n) is 6.27. The molecule has 19 heavy (non-hydrogen) atoms. The number of nitrogens with one attached hydrogen (secondary N) is 2. The number of carboxylic acids is 1. The summed E-state index contributed by atoms with van der Waals surface area (Å²) in [5.74, 6) is -0.392. The molecule has 0 saturated heterocycles. The minimum absolute atomic E-state index is 0.0517. The van der Waals surface area contributed by atoms with Gasteiger partial charge in [0, 0.05) is 12.1 Å². The molecule has 0 radical (unpaired) electrons. The first kappa shape index (κ1) is 14.3. The van der Waals surface area contributed by atoms with Gasteiger partial charge in [0.15, 0.2) is 0 Å². The van der Waals surface area contributed by atoms with Crippen molar-refractivity contribution in [1.29, 1.82) is 0 Å². The monoisotopic (exact) mass is 268 g/mol. The highest BCUT2D eigenvalue weighted by atomic mass is 16.4. The Morgan fingerprint density at radius 3 is 2.37 bits per heavy atom. The summed E-state index contributed by atoms with van der Waals surface area (Å²) < 4.78 is 0. The van der Waals surface area contributed by atoms with Gasteiger partial charge >= 0.3 is 5.97 Å². The van der Waals surface area contributed by atoms with Crippen LogP contribution in [0.2, 0.25) is 0 Å². The Morgan fingerprint density at radius 1 is 1.16 bits per heavy atom. The molecule has 5 nitrogen and oxygen atoms in total. The third-order valence-electron chi connectivity index (χ3n) is 4.47. The largest absolute Gasteiger partial charge is 0.481 e. The molecule has 5 unspecified atom stereocenters. The lowest BCUT2D eigenvalue weighted by Gasteiger charge is -2.31. The lowest BCUT2D eigenvalue weighted by atomic mass is 9.84. The number of aliphatic carboxylic acids is 1. The van der Waals surface area contributed by atoms with Crippen molar-refractivity contribution in [2.45, 2.75) is 58.2 Å². The Morgan fingerprint density at radius 2 is 1.79 bits per heavy atom. The van der Waals surface area contributed by atoms with Gasteiger partial charge in [-0.05, 0) is 51.9 Å². The van der Waals surface area contributed by atoms with Gasteiger partial charge < -0.3 is 15.7 Å². The molecule has 108 valence electrons. The fourth-order valence-electron chi connectivity index (χ4n) is 3.66. The van der Waals surface area contributed by atoms with E-state index in [0.717, 1.165) is 19.3 Å². The normalized spacial score (nSPS) is 34.5. The highest BCUT2D eigenvalue weighted by Crippen LogP contribution is 2.48. The van der Waals surface area contributed by atoms with Crippen molar-refractivity contribution in [3.8, 4) is 0 Å². The fourth-order valence-corrected chi connectivity index (χ4v) is 3.66. The number of fused-ring (bicyclic) bond motifs is 2. The average molecular weight is 268 g/mol. The van der Waals surface area contributed by atoms with Crippen LogP contribution in [0.3, 0.4) is 0 Å². The average Bonchev–Trinajstić information content (AvgIpc) is 2.87. The molecule has 5 atom stereocenters. The minimum Gasteiger partial charge on any atom is -0.481 e. The van der Waals surface area contributed by atoms with Crippen LogP contribution < -0.4 is 10.6 Å². The molecule has 0 heterocycles. The van der Waals surface area contributed by atoms with Crippen LogP contribution in [0.15, 0.2) is 0 Å². The van der Waals surface area contributed by atoms with E-state index in [1.165, 1.54) is 0 Å². The van der Waals surface area contributed by atoms with Gasteiger partial charge in [-0.15, -0.1) is 0 Å². The molecule has 2 saturated carbocycles. The number of rotatable bonds is 5. The molecule has 3 N–H and O–H groups in total. The van der Waals surface area contributed by atoms with E-state index in [-0.39, 0.29) is 30.0 Å². The SMILES string of the molecule is CC(C)NC(=O)C(C)NC1C2CCC(C2)C1C(=O)O. The summed E-state index contributed by atoms with van der Waals surface area (Å²) >= 11 is 0. The molecular weight excluding hydrogens is 244 g/mol. The van der Waals surface area contributed by atoms with Gasteiger partial charge in [-0.25, -0.2) is 0 Å². The van der Waals surface area contributed by atoms with Gasteiger partial charge in [0.25, 0.3) is 0 Å².